The van der Waals surface area contributed by atoms with Gasteiger partial charge in [0.15, 0.2) is 0 Å². The first-order valence-corrected chi connectivity index (χ1v) is 6.87. The number of aliphatic hydroxyl groups is 1. The van der Waals surface area contributed by atoms with Gasteiger partial charge in [-0.1, -0.05) is 26.7 Å². The normalized spacial score (nSPS) is 22.8. The van der Waals surface area contributed by atoms with Crippen LogP contribution in [0.25, 0.3) is 0 Å². The first-order valence-electron chi connectivity index (χ1n) is 6.87. The molecular formula is C13H24N2O4. The van der Waals surface area contributed by atoms with E-state index in [0.717, 1.165) is 19.3 Å². The summed E-state index contributed by atoms with van der Waals surface area (Å²) < 4.78 is 0. The number of nitrogens with zero attached hydrogens (tertiary/aromatic N) is 1. The molecule has 0 aromatic heterocycles. The van der Waals surface area contributed by atoms with Crippen LogP contribution in [-0.4, -0.2) is 52.3 Å². The molecule has 2 amide bonds. The Kier molecular flexibility index (Phi) is 6.08. The number of nitrogens with one attached hydrogen (secondary N) is 1. The van der Waals surface area contributed by atoms with E-state index in [1.165, 1.54) is 4.90 Å². The van der Waals surface area contributed by atoms with Gasteiger partial charge in [-0.3, -0.25) is 0 Å². The van der Waals surface area contributed by atoms with Crippen molar-refractivity contribution in [1.82, 2.24) is 10.2 Å². The highest BCUT2D eigenvalue weighted by molar-refractivity contribution is 5.83. The van der Waals surface area contributed by atoms with Crippen molar-refractivity contribution in [1.29, 1.82) is 0 Å². The Morgan fingerprint density at radius 2 is 2.05 bits per heavy atom. The second kappa shape index (κ2) is 7.33. The summed E-state index contributed by atoms with van der Waals surface area (Å²) in [5.74, 6) is -0.410. The van der Waals surface area contributed by atoms with Crippen molar-refractivity contribution in [2.75, 3.05) is 13.1 Å². The Bertz CT molecular complexity index is 320. The maximum absolute atomic E-state index is 11.8. The van der Waals surface area contributed by atoms with Crippen LogP contribution < -0.4 is 5.32 Å². The Morgan fingerprint density at radius 3 is 2.63 bits per heavy atom. The van der Waals surface area contributed by atoms with Gasteiger partial charge >= 0.3 is 12.0 Å². The highest BCUT2D eigenvalue weighted by Crippen LogP contribution is 2.18. The summed E-state index contributed by atoms with van der Waals surface area (Å²) in [7, 11) is 0. The molecule has 6 heteroatoms. The van der Waals surface area contributed by atoms with E-state index in [1.807, 2.05) is 0 Å². The number of amides is 2. The van der Waals surface area contributed by atoms with Gasteiger partial charge in [-0.05, 0) is 12.3 Å². The number of aliphatic hydroxyl groups excluding tert-OH is 1. The Hall–Kier alpha value is -1.30. The average Bonchev–Trinajstić information content (AvgIpc) is 2.70. The molecular weight excluding hydrogens is 248 g/mol. The average molecular weight is 272 g/mol. The van der Waals surface area contributed by atoms with Crippen LogP contribution in [0.15, 0.2) is 0 Å². The number of hydrogen-bond donors (Lipinski definition) is 3. The van der Waals surface area contributed by atoms with Crippen LogP contribution in [0.3, 0.4) is 0 Å². The number of likely N-dealkylation sites (tertiary alicyclic amines) is 1. The molecule has 3 N–H and O–H groups in total. The van der Waals surface area contributed by atoms with E-state index in [1.54, 1.807) is 0 Å². The van der Waals surface area contributed by atoms with Gasteiger partial charge < -0.3 is 20.4 Å². The monoisotopic (exact) mass is 272 g/mol. The largest absolute Gasteiger partial charge is 0.480 e. The van der Waals surface area contributed by atoms with Crippen molar-refractivity contribution in [2.24, 2.45) is 5.92 Å². The van der Waals surface area contributed by atoms with Gasteiger partial charge in [-0.25, -0.2) is 9.59 Å². The summed E-state index contributed by atoms with van der Waals surface area (Å²) in [4.78, 5) is 24.0. The second-order valence-corrected chi connectivity index (χ2v) is 5.52. The van der Waals surface area contributed by atoms with Crippen LogP contribution in [0.5, 0.6) is 0 Å². The van der Waals surface area contributed by atoms with E-state index in [2.05, 4.69) is 19.2 Å². The quantitative estimate of drug-likeness (QED) is 0.630. The maximum atomic E-state index is 11.8. The zero-order valence-corrected chi connectivity index (χ0v) is 11.6. The standard InChI is InChI=1S/C13H24N2O4/c1-9(2)5-3-4-6-14-13(19)15-8-10(16)7-11(15)12(17)18/h9-11,16H,3-8H2,1-2H3,(H,14,19)(H,17,18)/t10-,11+/m1/s1. The fraction of sp³-hybridized carbons (Fsp3) is 0.846. The molecule has 1 heterocycles. The molecule has 0 aromatic rings. The van der Waals surface area contributed by atoms with E-state index in [4.69, 9.17) is 5.11 Å². The minimum Gasteiger partial charge on any atom is -0.480 e. The molecule has 110 valence electrons. The Morgan fingerprint density at radius 1 is 1.37 bits per heavy atom. The molecule has 0 unspecified atom stereocenters. The lowest BCUT2D eigenvalue weighted by atomic mass is 10.1. The van der Waals surface area contributed by atoms with Gasteiger partial charge in [-0.15, -0.1) is 0 Å². The summed E-state index contributed by atoms with van der Waals surface area (Å²) in [6.45, 7) is 4.95. The van der Waals surface area contributed by atoms with Crippen LogP contribution in [-0.2, 0) is 4.79 Å². The van der Waals surface area contributed by atoms with Crippen LogP contribution in [0, 0.1) is 5.92 Å². The number of urea groups is 1. The molecule has 1 saturated heterocycles. The van der Waals surface area contributed by atoms with Crippen LogP contribution >= 0.6 is 0 Å². The maximum Gasteiger partial charge on any atom is 0.326 e. The van der Waals surface area contributed by atoms with Gasteiger partial charge in [0.05, 0.1) is 6.10 Å². The number of carboxylic acids is 1. The number of aliphatic carboxylic acids is 1. The van der Waals surface area contributed by atoms with Gasteiger partial charge in [0.2, 0.25) is 0 Å². The fourth-order valence-corrected chi connectivity index (χ4v) is 2.25. The lowest BCUT2D eigenvalue weighted by Gasteiger charge is -2.21. The number of unbranched alkanes of at least 4 members (excludes halogenated alkanes) is 1. The summed E-state index contributed by atoms with van der Waals surface area (Å²) >= 11 is 0. The van der Waals surface area contributed by atoms with Gasteiger partial charge in [0, 0.05) is 19.5 Å². The van der Waals surface area contributed by atoms with Crippen molar-refractivity contribution in [3.63, 3.8) is 0 Å². The number of hydrogen-bond acceptors (Lipinski definition) is 3. The number of carbonyl (C=O) groups excluding carboxylic acids is 1. The Labute approximate surface area is 113 Å². The van der Waals surface area contributed by atoms with Gasteiger partial charge in [0.1, 0.15) is 6.04 Å². The topological polar surface area (TPSA) is 89.9 Å². The fourth-order valence-electron chi connectivity index (χ4n) is 2.25. The van der Waals surface area contributed by atoms with Crippen molar-refractivity contribution in [2.45, 2.75) is 51.7 Å². The summed E-state index contributed by atoms with van der Waals surface area (Å²) in [5, 5.41) is 21.2. The molecule has 1 aliphatic heterocycles. The molecule has 0 saturated carbocycles. The molecule has 0 aliphatic carbocycles. The lowest BCUT2D eigenvalue weighted by molar-refractivity contribution is -0.141. The number of carboxylic acid groups (broad SMARTS) is 1. The third-order valence-electron chi connectivity index (χ3n) is 3.31. The second-order valence-electron chi connectivity index (χ2n) is 5.52. The third kappa shape index (κ3) is 5.06. The molecule has 6 nitrogen and oxygen atoms in total. The molecule has 2 atom stereocenters. The molecule has 1 rings (SSSR count). The van der Waals surface area contributed by atoms with E-state index >= 15 is 0 Å². The SMILES string of the molecule is CC(C)CCCCNC(=O)N1C[C@H](O)C[C@H]1C(=O)O. The Balaban J connectivity index is 2.30. The van der Waals surface area contributed by atoms with E-state index in [-0.39, 0.29) is 13.0 Å². The summed E-state index contributed by atoms with van der Waals surface area (Å²) in [5.41, 5.74) is 0. The lowest BCUT2D eigenvalue weighted by Crippen LogP contribution is -2.46. The molecule has 1 fully saturated rings. The smallest absolute Gasteiger partial charge is 0.326 e. The predicted molar refractivity (Wildman–Crippen MR) is 70.8 cm³/mol. The first kappa shape index (κ1) is 15.8. The molecule has 19 heavy (non-hydrogen) atoms. The van der Waals surface area contributed by atoms with Crippen molar-refractivity contribution in [3.05, 3.63) is 0 Å². The minimum atomic E-state index is -1.06. The highest BCUT2D eigenvalue weighted by Gasteiger charge is 2.38. The molecule has 0 aromatic carbocycles. The zero-order valence-electron chi connectivity index (χ0n) is 11.6. The zero-order chi connectivity index (χ0) is 14.4. The van der Waals surface area contributed by atoms with Crippen LogP contribution in [0.4, 0.5) is 4.79 Å². The van der Waals surface area contributed by atoms with Crippen LogP contribution in [0.2, 0.25) is 0 Å². The highest BCUT2D eigenvalue weighted by atomic mass is 16.4. The van der Waals surface area contributed by atoms with Crippen molar-refractivity contribution in [3.8, 4) is 0 Å². The molecule has 0 radical (unpaired) electrons. The minimum absolute atomic E-state index is 0.0921. The first-order chi connectivity index (χ1) is 8.91. The third-order valence-corrected chi connectivity index (χ3v) is 3.31. The van der Waals surface area contributed by atoms with Crippen molar-refractivity contribution >= 4 is 12.0 Å². The number of carbonyl (C=O) groups is 2. The van der Waals surface area contributed by atoms with E-state index < -0.39 is 24.1 Å². The van der Waals surface area contributed by atoms with Crippen LogP contribution in [0.1, 0.15) is 39.5 Å². The van der Waals surface area contributed by atoms with Crippen molar-refractivity contribution < 1.29 is 19.8 Å². The number of β-amino-alcohol motifs (C(OH)–C–C–N with tert-alkyl or cyclic N) is 1. The molecule has 0 bridgehead atoms. The summed E-state index contributed by atoms with van der Waals surface area (Å²) in [6, 6.07) is -1.31. The predicted octanol–water partition coefficient (Wildman–Crippen LogP) is 1.04. The molecule has 1 aliphatic rings. The van der Waals surface area contributed by atoms with E-state index in [0.29, 0.717) is 12.5 Å². The summed E-state index contributed by atoms with van der Waals surface area (Å²) in [6.07, 6.45) is 2.42. The number of rotatable bonds is 6. The van der Waals surface area contributed by atoms with Gasteiger partial charge in [-0.2, -0.15) is 0 Å². The molecule has 0 spiro atoms. The van der Waals surface area contributed by atoms with Gasteiger partial charge in [0.25, 0.3) is 0 Å². The van der Waals surface area contributed by atoms with E-state index in [9.17, 15) is 14.7 Å².